The van der Waals surface area contributed by atoms with Crippen molar-refractivity contribution in [1.29, 1.82) is 0 Å². The molecule has 1 fully saturated rings. The minimum atomic E-state index is -4.16. The topological polar surface area (TPSA) is 116 Å². The fraction of sp³-hybridized carbons (Fsp3) is 0.267. The summed E-state index contributed by atoms with van der Waals surface area (Å²) in [6, 6.07) is 4.00. The van der Waals surface area contributed by atoms with Crippen molar-refractivity contribution in [2.75, 3.05) is 11.4 Å². The highest BCUT2D eigenvalue weighted by Gasteiger charge is 2.38. The number of hydroxylamine groups is 1. The van der Waals surface area contributed by atoms with Crippen LogP contribution in [0.2, 0.25) is 0 Å². The van der Waals surface area contributed by atoms with Crippen LogP contribution in [0.3, 0.4) is 0 Å². The summed E-state index contributed by atoms with van der Waals surface area (Å²) in [5.41, 5.74) is -0.437. The minimum absolute atomic E-state index is 0.0572. The van der Waals surface area contributed by atoms with Crippen molar-refractivity contribution in [1.82, 2.24) is 14.0 Å². The number of carbonyl (C=O) groups is 1. The van der Waals surface area contributed by atoms with E-state index in [0.717, 1.165) is 15.5 Å². The monoisotopic (exact) mass is 414 g/mol. The Hall–Kier alpha value is -2.25. The molecule has 3 rings (SSSR count). The van der Waals surface area contributed by atoms with Crippen LogP contribution < -0.4 is 10.6 Å². The molecule has 1 saturated heterocycles. The van der Waals surface area contributed by atoms with Gasteiger partial charge in [0.2, 0.25) is 14.9 Å². The van der Waals surface area contributed by atoms with E-state index in [1.165, 1.54) is 30.6 Å². The van der Waals surface area contributed by atoms with E-state index in [-0.39, 0.29) is 28.8 Å². The summed E-state index contributed by atoms with van der Waals surface area (Å²) in [7, 11) is -4.16. The highest BCUT2D eigenvalue weighted by atomic mass is 32.8. The van der Waals surface area contributed by atoms with E-state index < -0.39 is 32.4 Å². The summed E-state index contributed by atoms with van der Waals surface area (Å²) in [4.78, 5) is 29.0. The Bertz CT molecular complexity index is 1040. The quantitative estimate of drug-likeness (QED) is 0.707. The maximum Gasteiger partial charge on any atom is 0.352 e. The van der Waals surface area contributed by atoms with Gasteiger partial charge in [0.25, 0.3) is 0 Å². The minimum Gasteiger partial charge on any atom is -0.308 e. The van der Waals surface area contributed by atoms with Gasteiger partial charge < -0.3 is 4.90 Å². The summed E-state index contributed by atoms with van der Waals surface area (Å²) in [5.74, 6) is -1.52. The van der Waals surface area contributed by atoms with Crippen molar-refractivity contribution in [3.63, 3.8) is 0 Å². The summed E-state index contributed by atoms with van der Waals surface area (Å²) < 4.78 is 36.5. The van der Waals surface area contributed by atoms with Crippen LogP contribution in [0.5, 0.6) is 0 Å². The average molecular weight is 414 g/mol. The van der Waals surface area contributed by atoms with Crippen molar-refractivity contribution in [2.45, 2.75) is 18.9 Å². The molecule has 1 aromatic carbocycles. The number of hydrogen-bond acceptors (Lipinski definition) is 6. The third-order valence-corrected chi connectivity index (χ3v) is 5.31. The van der Waals surface area contributed by atoms with Gasteiger partial charge in [-0.1, -0.05) is 4.47 Å². The van der Waals surface area contributed by atoms with Crippen LogP contribution in [0.15, 0.2) is 41.5 Å². The lowest BCUT2D eigenvalue weighted by Gasteiger charge is -2.35. The zero-order chi connectivity index (χ0) is 19.8. The largest absolute Gasteiger partial charge is 0.352 e. The molecule has 1 aliphatic heterocycles. The lowest BCUT2D eigenvalue weighted by molar-refractivity contribution is -0.134. The van der Waals surface area contributed by atoms with Gasteiger partial charge in [0.05, 0.1) is 11.4 Å². The molecule has 12 heteroatoms. The molecule has 27 heavy (non-hydrogen) atoms. The van der Waals surface area contributed by atoms with Gasteiger partial charge in [0, 0.05) is 36.2 Å². The second-order valence-corrected chi connectivity index (χ2v) is 8.38. The van der Waals surface area contributed by atoms with E-state index >= 15 is 0 Å². The Morgan fingerprint density at radius 3 is 2.74 bits per heavy atom. The van der Waals surface area contributed by atoms with E-state index in [1.807, 2.05) is 0 Å². The first-order valence-electron chi connectivity index (χ1n) is 7.81. The van der Waals surface area contributed by atoms with Gasteiger partial charge in [0.15, 0.2) is 0 Å². The summed E-state index contributed by atoms with van der Waals surface area (Å²) in [5, 5.41) is 9.76. The number of halogens is 1. The fourth-order valence-electron chi connectivity index (χ4n) is 2.88. The van der Waals surface area contributed by atoms with Gasteiger partial charge in [-0.15, -0.1) is 0 Å². The van der Waals surface area contributed by atoms with E-state index in [0.29, 0.717) is 6.42 Å². The van der Waals surface area contributed by atoms with Crippen LogP contribution >= 0.6 is 0 Å². The molecule has 2 N–H and O–H groups in total. The number of carbonyl (C=O) groups excluding carboxylic acids is 1. The van der Waals surface area contributed by atoms with Crippen LogP contribution in [-0.2, 0) is 24.9 Å². The molecule has 2 aromatic rings. The lowest BCUT2D eigenvalue weighted by atomic mass is 10.0. The molecule has 0 radical (unpaired) electrons. The molecular weight excluding hydrogens is 399 g/mol. The van der Waals surface area contributed by atoms with Crippen LogP contribution in [-0.4, -0.2) is 46.5 Å². The van der Waals surface area contributed by atoms with E-state index in [4.69, 9.17) is 0 Å². The first kappa shape index (κ1) is 19.5. The average Bonchev–Trinajstić information content (AvgIpc) is 2.61. The number of benzene rings is 1. The lowest BCUT2D eigenvalue weighted by Crippen LogP contribution is -2.53. The first-order chi connectivity index (χ1) is 12.7. The van der Waals surface area contributed by atoms with Crippen molar-refractivity contribution >= 4 is 31.7 Å². The second-order valence-electron chi connectivity index (χ2n) is 5.81. The molecule has 1 aromatic heterocycles. The van der Waals surface area contributed by atoms with Gasteiger partial charge in [-0.3, -0.25) is 19.1 Å². The molecule has 2 atom stereocenters. The Morgan fingerprint density at radius 1 is 1.37 bits per heavy atom. The molecule has 1 aliphatic rings. The molecule has 9 nitrogen and oxygen atoms in total. The molecule has 2 heterocycles. The van der Waals surface area contributed by atoms with E-state index in [2.05, 4.69) is 16.2 Å². The third-order valence-electron chi connectivity index (χ3n) is 4.13. The first-order valence-corrected chi connectivity index (χ1v) is 10.2. The number of amides is 1. The molecule has 0 bridgehead atoms. The van der Waals surface area contributed by atoms with Gasteiger partial charge in [-0.2, -0.15) is 0 Å². The number of piperidine rings is 1. The van der Waals surface area contributed by atoms with Crippen LogP contribution in [0.1, 0.15) is 12.8 Å². The highest BCUT2D eigenvalue weighted by molar-refractivity contribution is 8.28. The summed E-state index contributed by atoms with van der Waals surface area (Å²) in [6.45, 7) is 0.163. The SMILES string of the molecule is O=C1C(N(O)S(=O)(O)=S)CCCN1c1ccc(-n2cccnc2=O)cc1F. The third kappa shape index (κ3) is 3.89. The van der Waals surface area contributed by atoms with Gasteiger partial charge in [-0.25, -0.2) is 18.4 Å². The van der Waals surface area contributed by atoms with Gasteiger partial charge in [-0.05, 0) is 31.0 Å². The maximum absolute atomic E-state index is 14.7. The number of aromatic nitrogens is 2. The van der Waals surface area contributed by atoms with Crippen molar-refractivity contribution in [2.24, 2.45) is 0 Å². The van der Waals surface area contributed by atoms with Gasteiger partial charge in [0.1, 0.15) is 11.9 Å². The van der Waals surface area contributed by atoms with E-state index in [9.17, 15) is 27.9 Å². The van der Waals surface area contributed by atoms with Gasteiger partial charge >= 0.3 is 5.69 Å². The summed E-state index contributed by atoms with van der Waals surface area (Å²) in [6.07, 6.45) is 3.21. The zero-order valence-corrected chi connectivity index (χ0v) is 15.4. The number of rotatable bonds is 4. The van der Waals surface area contributed by atoms with Crippen LogP contribution in [0, 0.1) is 5.82 Å². The highest BCUT2D eigenvalue weighted by Crippen LogP contribution is 2.27. The van der Waals surface area contributed by atoms with Crippen molar-refractivity contribution < 1.29 is 23.2 Å². The number of nitrogens with zero attached hydrogens (tertiary/aromatic N) is 4. The molecule has 0 saturated carbocycles. The predicted molar refractivity (Wildman–Crippen MR) is 96.9 cm³/mol. The van der Waals surface area contributed by atoms with Crippen LogP contribution in [0.4, 0.5) is 10.1 Å². The Balaban J connectivity index is 1.93. The zero-order valence-electron chi connectivity index (χ0n) is 13.8. The Morgan fingerprint density at radius 2 is 2.11 bits per heavy atom. The standard InChI is InChI=1S/C15H15FN4O5S2/c16-11-9-10(18-8-2-6-17-15(18)22)4-5-12(11)19-7-1-3-13(14(19)21)20(23)27(24,25)26/h2,4-6,8-9,13,23H,1,3,7H2,(H,24,25,26). The Labute approximate surface area is 158 Å². The molecule has 0 aliphatic carbocycles. The number of hydrogen-bond donors (Lipinski definition) is 2. The second kappa shape index (κ2) is 7.40. The number of anilines is 1. The predicted octanol–water partition coefficient (Wildman–Crippen LogP) is 0.693. The molecule has 0 spiro atoms. The fourth-order valence-corrected chi connectivity index (χ4v) is 3.71. The van der Waals surface area contributed by atoms with E-state index in [1.54, 1.807) is 0 Å². The molecule has 1 amide bonds. The van der Waals surface area contributed by atoms with Crippen molar-refractivity contribution in [3.8, 4) is 5.69 Å². The normalized spacial score (nSPS) is 19.9. The van der Waals surface area contributed by atoms with Crippen LogP contribution in [0.25, 0.3) is 5.69 Å². The summed E-state index contributed by atoms with van der Waals surface area (Å²) >= 11 is 4.28. The molecular formula is C15H15FN4O5S2. The molecule has 2 unspecified atom stereocenters. The molecule has 144 valence electrons. The Kier molecular flexibility index (Phi) is 5.35. The van der Waals surface area contributed by atoms with Crippen molar-refractivity contribution in [3.05, 3.63) is 53.0 Å². The smallest absolute Gasteiger partial charge is 0.308 e. The maximum atomic E-state index is 14.7.